The number of methoxy groups -OCH3 is 2. The molecule has 1 atom stereocenters. The van der Waals surface area contributed by atoms with E-state index in [1.165, 1.54) is 20.4 Å². The van der Waals surface area contributed by atoms with Crippen molar-refractivity contribution in [1.82, 2.24) is 9.97 Å². The van der Waals surface area contributed by atoms with Gasteiger partial charge in [0.1, 0.15) is 11.8 Å². The van der Waals surface area contributed by atoms with Crippen LogP contribution >= 0.6 is 0 Å². The lowest BCUT2D eigenvalue weighted by Crippen LogP contribution is -2.05. The molecule has 0 aliphatic heterocycles. The molecule has 14 heavy (non-hydrogen) atoms. The molecule has 1 rings (SSSR count). The smallest absolute Gasteiger partial charge is 0.241 e. The molecule has 1 N–H and O–H groups in total. The summed E-state index contributed by atoms with van der Waals surface area (Å²) in [6, 6.07) is 0. The highest BCUT2D eigenvalue weighted by molar-refractivity contribution is 5.24. The van der Waals surface area contributed by atoms with Gasteiger partial charge in [0.2, 0.25) is 11.8 Å². The van der Waals surface area contributed by atoms with Crippen LogP contribution in [0.4, 0.5) is 0 Å². The Kier molecular flexibility index (Phi) is 3.64. The molecule has 5 nitrogen and oxygen atoms in total. The molecule has 0 saturated carbocycles. The Bertz CT molecular complexity index is 304. The van der Waals surface area contributed by atoms with E-state index < -0.39 is 6.10 Å². The first kappa shape index (κ1) is 10.7. The third kappa shape index (κ3) is 2.11. The number of ether oxygens (including phenoxy) is 2. The average molecular weight is 198 g/mol. The van der Waals surface area contributed by atoms with Crippen molar-refractivity contribution in [3.8, 4) is 11.8 Å². The van der Waals surface area contributed by atoms with Crippen LogP contribution in [-0.2, 0) is 0 Å². The van der Waals surface area contributed by atoms with Gasteiger partial charge in [0, 0.05) is 0 Å². The molecule has 5 heteroatoms. The van der Waals surface area contributed by atoms with Gasteiger partial charge < -0.3 is 14.6 Å². The zero-order chi connectivity index (χ0) is 10.6. The highest BCUT2D eigenvalue weighted by Crippen LogP contribution is 2.24. The Morgan fingerprint density at radius 1 is 1.43 bits per heavy atom. The highest BCUT2D eigenvalue weighted by atomic mass is 16.5. The summed E-state index contributed by atoms with van der Waals surface area (Å²) < 4.78 is 9.89. The molecule has 0 bridgehead atoms. The fraction of sp³-hybridized carbons (Fsp3) is 0.556. The molecule has 1 heterocycles. The summed E-state index contributed by atoms with van der Waals surface area (Å²) in [6.45, 7) is 1.86. The molecule has 0 fully saturated rings. The summed E-state index contributed by atoms with van der Waals surface area (Å²) in [5, 5.41) is 9.58. The maximum absolute atomic E-state index is 9.58. The number of hydrogen-bond acceptors (Lipinski definition) is 5. The van der Waals surface area contributed by atoms with Crippen molar-refractivity contribution >= 4 is 0 Å². The summed E-state index contributed by atoms with van der Waals surface area (Å²) in [5.41, 5.74) is 0.441. The van der Waals surface area contributed by atoms with E-state index in [4.69, 9.17) is 9.47 Å². The van der Waals surface area contributed by atoms with Crippen molar-refractivity contribution in [2.45, 2.75) is 19.4 Å². The van der Waals surface area contributed by atoms with Gasteiger partial charge in [-0.25, -0.2) is 4.98 Å². The van der Waals surface area contributed by atoms with Gasteiger partial charge in [-0.15, -0.1) is 0 Å². The van der Waals surface area contributed by atoms with Gasteiger partial charge in [0.05, 0.1) is 20.4 Å². The largest absolute Gasteiger partial charge is 0.480 e. The van der Waals surface area contributed by atoms with Crippen molar-refractivity contribution < 1.29 is 14.6 Å². The number of nitrogens with zero attached hydrogens (tertiary/aromatic N) is 2. The van der Waals surface area contributed by atoms with Crippen molar-refractivity contribution in [2.75, 3.05) is 14.2 Å². The van der Waals surface area contributed by atoms with E-state index in [9.17, 15) is 5.11 Å². The normalized spacial score (nSPS) is 12.3. The zero-order valence-electron chi connectivity index (χ0n) is 8.52. The maximum atomic E-state index is 9.58. The first-order valence-electron chi connectivity index (χ1n) is 4.35. The third-order valence-electron chi connectivity index (χ3n) is 1.85. The molecular weight excluding hydrogens is 184 g/mol. The van der Waals surface area contributed by atoms with Gasteiger partial charge >= 0.3 is 0 Å². The highest BCUT2D eigenvalue weighted by Gasteiger charge is 2.15. The third-order valence-corrected chi connectivity index (χ3v) is 1.85. The van der Waals surface area contributed by atoms with E-state index in [-0.39, 0.29) is 0 Å². The molecule has 0 saturated heterocycles. The molecular formula is C9H14N2O3. The van der Waals surface area contributed by atoms with Gasteiger partial charge in [-0.2, -0.15) is 4.98 Å². The molecule has 0 spiro atoms. The summed E-state index contributed by atoms with van der Waals surface area (Å²) in [6.07, 6.45) is 1.37. The second kappa shape index (κ2) is 4.76. The van der Waals surface area contributed by atoms with Gasteiger partial charge in [-0.05, 0) is 6.42 Å². The standard InChI is InChI=1S/C9H14N2O3/c1-4-6(12)8-9(14-3)11-7(13-2)5-10-8/h5-6,12H,4H2,1-3H3. The predicted molar refractivity (Wildman–Crippen MR) is 50.4 cm³/mol. The van der Waals surface area contributed by atoms with E-state index in [0.29, 0.717) is 23.9 Å². The van der Waals surface area contributed by atoms with Gasteiger partial charge in [-0.1, -0.05) is 6.92 Å². The van der Waals surface area contributed by atoms with Crippen LogP contribution in [0.25, 0.3) is 0 Å². The Morgan fingerprint density at radius 2 is 2.14 bits per heavy atom. The van der Waals surface area contributed by atoms with E-state index >= 15 is 0 Å². The predicted octanol–water partition coefficient (Wildman–Crippen LogP) is 0.937. The van der Waals surface area contributed by atoms with Crippen molar-refractivity contribution in [3.05, 3.63) is 11.9 Å². The fourth-order valence-corrected chi connectivity index (χ4v) is 1.04. The van der Waals surface area contributed by atoms with Crippen LogP contribution in [0.1, 0.15) is 25.1 Å². The molecule has 1 aromatic heterocycles. The van der Waals surface area contributed by atoms with Crippen molar-refractivity contribution in [1.29, 1.82) is 0 Å². The van der Waals surface area contributed by atoms with E-state index in [0.717, 1.165) is 0 Å². The second-order valence-corrected chi connectivity index (χ2v) is 2.73. The lowest BCUT2D eigenvalue weighted by molar-refractivity contribution is 0.162. The SMILES string of the molecule is CCC(O)c1ncc(OC)nc1OC. The van der Waals surface area contributed by atoms with E-state index in [2.05, 4.69) is 9.97 Å². The molecule has 0 aliphatic rings. The molecule has 0 aromatic carbocycles. The quantitative estimate of drug-likeness (QED) is 0.779. The number of aromatic nitrogens is 2. The van der Waals surface area contributed by atoms with Crippen molar-refractivity contribution in [3.63, 3.8) is 0 Å². The summed E-state index contributed by atoms with van der Waals surface area (Å²) >= 11 is 0. The van der Waals surface area contributed by atoms with Crippen LogP contribution in [0.2, 0.25) is 0 Å². The fourth-order valence-electron chi connectivity index (χ4n) is 1.04. The first-order valence-corrected chi connectivity index (χ1v) is 4.35. The minimum atomic E-state index is -0.650. The molecule has 1 aromatic rings. The van der Waals surface area contributed by atoms with Crippen LogP contribution in [0.5, 0.6) is 11.8 Å². The topological polar surface area (TPSA) is 64.5 Å². The van der Waals surface area contributed by atoms with E-state index in [1.54, 1.807) is 0 Å². The number of aliphatic hydroxyl groups excluding tert-OH is 1. The lowest BCUT2D eigenvalue weighted by atomic mass is 10.2. The molecule has 0 amide bonds. The Hall–Kier alpha value is -1.36. The Labute approximate surface area is 82.7 Å². The maximum Gasteiger partial charge on any atom is 0.241 e. The van der Waals surface area contributed by atoms with Crippen LogP contribution in [0.15, 0.2) is 6.20 Å². The minimum Gasteiger partial charge on any atom is -0.480 e. The summed E-state index contributed by atoms with van der Waals surface area (Å²) in [4.78, 5) is 8.04. The molecule has 78 valence electrons. The molecule has 0 radical (unpaired) electrons. The van der Waals surface area contributed by atoms with E-state index in [1.807, 2.05) is 6.92 Å². The van der Waals surface area contributed by atoms with Crippen LogP contribution in [-0.4, -0.2) is 29.3 Å². The number of hydrogen-bond donors (Lipinski definition) is 1. The van der Waals surface area contributed by atoms with Gasteiger partial charge in [-0.3, -0.25) is 0 Å². The Morgan fingerprint density at radius 3 is 2.64 bits per heavy atom. The molecule has 1 unspecified atom stereocenters. The van der Waals surface area contributed by atoms with Crippen LogP contribution in [0, 0.1) is 0 Å². The zero-order valence-corrected chi connectivity index (χ0v) is 8.52. The van der Waals surface area contributed by atoms with Crippen LogP contribution < -0.4 is 9.47 Å². The minimum absolute atomic E-state index is 0.304. The average Bonchev–Trinajstić information content (AvgIpc) is 2.27. The first-order chi connectivity index (χ1) is 6.72. The summed E-state index contributed by atoms with van der Waals surface area (Å²) in [5.74, 6) is 0.674. The monoisotopic (exact) mass is 198 g/mol. The Balaban J connectivity index is 3.04. The van der Waals surface area contributed by atoms with Gasteiger partial charge in [0.15, 0.2) is 0 Å². The summed E-state index contributed by atoms with van der Waals surface area (Å²) in [7, 11) is 2.98. The number of aliphatic hydroxyl groups is 1. The van der Waals surface area contributed by atoms with Gasteiger partial charge in [0.25, 0.3) is 0 Å². The second-order valence-electron chi connectivity index (χ2n) is 2.73. The molecule has 0 aliphatic carbocycles. The van der Waals surface area contributed by atoms with Crippen molar-refractivity contribution in [2.24, 2.45) is 0 Å². The number of rotatable bonds is 4. The van der Waals surface area contributed by atoms with Crippen LogP contribution in [0.3, 0.4) is 0 Å². The lowest BCUT2D eigenvalue weighted by Gasteiger charge is -2.11.